The number of hydrogen-bond donors (Lipinski definition) is 3. The van der Waals surface area contributed by atoms with E-state index in [1.807, 2.05) is 27.2 Å². The first-order valence-electron chi connectivity index (χ1n) is 28.2. The van der Waals surface area contributed by atoms with Gasteiger partial charge in [0.2, 0.25) is 5.91 Å². The van der Waals surface area contributed by atoms with E-state index >= 15 is 0 Å². The quantitative estimate of drug-likeness (QED) is 0.0243. The van der Waals surface area contributed by atoms with Gasteiger partial charge in [-0.05, 0) is 77.0 Å². The number of unbranched alkanes of at least 4 members (excludes halogenated alkanes) is 30. The predicted molar refractivity (Wildman–Crippen MR) is 290 cm³/mol. The molecule has 0 radical (unpaired) electrons. The van der Waals surface area contributed by atoms with Crippen molar-refractivity contribution in [3.8, 4) is 0 Å². The van der Waals surface area contributed by atoms with Crippen LogP contribution < -0.4 is 5.32 Å². The fourth-order valence-electron chi connectivity index (χ4n) is 7.99. The first kappa shape index (κ1) is 65.2. The highest BCUT2D eigenvalue weighted by Crippen LogP contribution is 2.43. The summed E-state index contributed by atoms with van der Waals surface area (Å²) in [5.41, 5.74) is 0. The van der Waals surface area contributed by atoms with E-state index in [0.29, 0.717) is 17.4 Å². The predicted octanol–water partition coefficient (Wildman–Crippen LogP) is 16.9. The minimum absolute atomic E-state index is 0.0516. The van der Waals surface area contributed by atoms with Crippen molar-refractivity contribution in [1.29, 1.82) is 0 Å². The number of allylic oxidation sites excluding steroid dienone is 9. The number of nitrogens with zero attached hydrogens (tertiary/aromatic N) is 1. The molecule has 0 aliphatic carbocycles. The van der Waals surface area contributed by atoms with Crippen LogP contribution in [0.5, 0.6) is 0 Å². The summed E-state index contributed by atoms with van der Waals surface area (Å²) in [6.07, 6.45) is 66.0. The smallest absolute Gasteiger partial charge is 0.387 e. The minimum Gasteiger partial charge on any atom is -0.387 e. The highest BCUT2D eigenvalue weighted by atomic mass is 31.2. The van der Waals surface area contributed by atoms with Gasteiger partial charge >= 0.3 is 7.82 Å². The highest BCUT2D eigenvalue weighted by molar-refractivity contribution is 7.47. The number of carbonyl (C=O) groups excluding carboxylic acids is 1. The van der Waals surface area contributed by atoms with E-state index in [2.05, 4.69) is 67.8 Å². The van der Waals surface area contributed by atoms with Crippen LogP contribution in [0.15, 0.2) is 60.8 Å². The first-order chi connectivity index (χ1) is 32.5. The van der Waals surface area contributed by atoms with Crippen LogP contribution in [0.25, 0.3) is 0 Å². The van der Waals surface area contributed by atoms with Crippen LogP contribution in [0.4, 0.5) is 0 Å². The number of likely N-dealkylation sites (N-methyl/N-ethyl adjacent to an activating group) is 1. The third-order valence-electron chi connectivity index (χ3n) is 12.4. The van der Waals surface area contributed by atoms with Crippen molar-refractivity contribution >= 4 is 13.7 Å². The second-order valence-corrected chi connectivity index (χ2v) is 21.7. The van der Waals surface area contributed by atoms with Crippen LogP contribution in [-0.2, 0) is 18.4 Å². The van der Waals surface area contributed by atoms with Crippen molar-refractivity contribution in [2.24, 2.45) is 0 Å². The van der Waals surface area contributed by atoms with E-state index in [-0.39, 0.29) is 19.1 Å². The van der Waals surface area contributed by atoms with Crippen LogP contribution in [0, 0.1) is 0 Å². The summed E-state index contributed by atoms with van der Waals surface area (Å²) in [6.45, 7) is 4.79. The van der Waals surface area contributed by atoms with Gasteiger partial charge in [-0.2, -0.15) is 0 Å². The summed E-state index contributed by atoms with van der Waals surface area (Å²) >= 11 is 0. The molecule has 3 atom stereocenters. The molecule has 0 fully saturated rings. The van der Waals surface area contributed by atoms with E-state index in [1.165, 1.54) is 180 Å². The lowest BCUT2D eigenvalue weighted by Crippen LogP contribution is -2.45. The van der Waals surface area contributed by atoms with Gasteiger partial charge in [-0.15, -0.1) is 0 Å². The van der Waals surface area contributed by atoms with Gasteiger partial charge in [0.25, 0.3) is 0 Å². The minimum atomic E-state index is -4.36. The Morgan fingerprint density at radius 1 is 0.507 bits per heavy atom. The van der Waals surface area contributed by atoms with Crippen molar-refractivity contribution in [3.05, 3.63) is 60.8 Å². The molecular weight excluding hydrogens is 852 g/mol. The Hall–Kier alpha value is -1.80. The van der Waals surface area contributed by atoms with Crippen LogP contribution in [-0.4, -0.2) is 73.4 Å². The monoisotopic (exact) mass is 962 g/mol. The number of rotatable bonds is 51. The zero-order chi connectivity index (χ0) is 49.2. The average Bonchev–Trinajstić information content (AvgIpc) is 3.29. The van der Waals surface area contributed by atoms with E-state index in [9.17, 15) is 19.4 Å². The topological polar surface area (TPSA) is 105 Å². The second-order valence-electron chi connectivity index (χ2n) is 20.3. The van der Waals surface area contributed by atoms with Gasteiger partial charge in [0.1, 0.15) is 13.2 Å². The Balaban J connectivity index is 4.32. The Labute approximate surface area is 415 Å². The van der Waals surface area contributed by atoms with Gasteiger partial charge in [-0.25, -0.2) is 4.57 Å². The summed E-state index contributed by atoms with van der Waals surface area (Å²) < 4.78 is 23.7. The van der Waals surface area contributed by atoms with Crippen molar-refractivity contribution < 1.29 is 32.9 Å². The maximum atomic E-state index is 13.0. The highest BCUT2D eigenvalue weighted by Gasteiger charge is 2.27. The SMILES string of the molecule is CCCCCCC/C=C\C/C=C\CCCCCCCCCCCCCC(=O)NC(COP(=O)(O)OCC[N+](C)(C)C)C(O)/C=C/CC/C=C/CC/C=C/CCCCCCCCCCCCCC. The van der Waals surface area contributed by atoms with Crippen LogP contribution in [0.1, 0.15) is 251 Å². The second kappa shape index (κ2) is 49.2. The van der Waals surface area contributed by atoms with E-state index in [4.69, 9.17) is 9.05 Å². The number of amides is 1. The Bertz CT molecular complexity index is 1270. The summed E-state index contributed by atoms with van der Waals surface area (Å²) in [5, 5.41) is 13.9. The van der Waals surface area contributed by atoms with Crippen molar-refractivity contribution in [1.82, 2.24) is 5.32 Å². The van der Waals surface area contributed by atoms with Gasteiger partial charge in [0.05, 0.1) is 39.9 Å². The maximum absolute atomic E-state index is 13.0. The number of aliphatic hydroxyl groups excluding tert-OH is 1. The molecule has 0 bridgehead atoms. The zero-order valence-electron chi connectivity index (χ0n) is 44.6. The fraction of sp³-hybridized carbons (Fsp3) is 0.810. The molecule has 3 N–H and O–H groups in total. The largest absolute Gasteiger partial charge is 0.472 e. The van der Waals surface area contributed by atoms with E-state index in [1.54, 1.807) is 6.08 Å². The number of phosphoric ester groups is 1. The lowest BCUT2D eigenvalue weighted by atomic mass is 10.0. The Morgan fingerprint density at radius 3 is 1.28 bits per heavy atom. The maximum Gasteiger partial charge on any atom is 0.472 e. The standard InChI is InChI=1S/C58H109N2O6P/c1-6-8-10-12-14-16-18-20-22-24-26-28-30-32-34-36-38-40-42-44-46-48-50-52-58(62)59-56(55-66-67(63,64)65-54-53-60(3,4)5)57(61)51-49-47-45-43-41-39-37-35-33-31-29-27-25-23-21-19-17-15-13-11-9-7-2/h18,20,24,26,33,35,41,43,49,51,56-57,61H,6-17,19,21-23,25,27-32,34,36-40,42,44-48,50,52-55H2,1-5H3,(H-,59,62,63,64)/p+1/b20-18-,26-24-,35-33+,43-41+,51-49+. The number of nitrogens with one attached hydrogen (secondary N) is 1. The molecule has 0 aromatic carbocycles. The molecule has 8 nitrogen and oxygen atoms in total. The molecule has 0 spiro atoms. The van der Waals surface area contributed by atoms with Gasteiger partial charge in [0.15, 0.2) is 0 Å². The molecule has 1 amide bonds. The zero-order valence-corrected chi connectivity index (χ0v) is 45.5. The molecule has 67 heavy (non-hydrogen) atoms. The van der Waals surface area contributed by atoms with Crippen molar-refractivity contribution in [2.45, 2.75) is 264 Å². The lowest BCUT2D eigenvalue weighted by molar-refractivity contribution is -0.870. The van der Waals surface area contributed by atoms with E-state index < -0.39 is 20.0 Å². The molecule has 0 aromatic heterocycles. The van der Waals surface area contributed by atoms with Crippen molar-refractivity contribution in [3.63, 3.8) is 0 Å². The average molecular weight is 962 g/mol. The number of hydrogen-bond acceptors (Lipinski definition) is 5. The molecule has 0 aliphatic rings. The molecule has 0 rings (SSSR count). The molecule has 0 saturated heterocycles. The lowest BCUT2D eigenvalue weighted by Gasteiger charge is -2.25. The summed E-state index contributed by atoms with van der Waals surface area (Å²) in [4.78, 5) is 23.3. The van der Waals surface area contributed by atoms with Crippen molar-refractivity contribution in [2.75, 3.05) is 40.9 Å². The van der Waals surface area contributed by atoms with Gasteiger partial charge < -0.3 is 19.8 Å². The van der Waals surface area contributed by atoms with Gasteiger partial charge in [-0.3, -0.25) is 13.8 Å². The summed E-state index contributed by atoms with van der Waals surface area (Å²) in [7, 11) is 1.54. The molecule has 392 valence electrons. The number of quaternary nitrogens is 1. The molecule has 0 aromatic rings. The number of phosphoric acid groups is 1. The Morgan fingerprint density at radius 2 is 0.866 bits per heavy atom. The Kier molecular flexibility index (Phi) is 47.9. The molecule has 0 saturated carbocycles. The number of aliphatic hydroxyl groups is 1. The van der Waals surface area contributed by atoms with Gasteiger partial charge in [-0.1, -0.05) is 229 Å². The van der Waals surface area contributed by atoms with Gasteiger partial charge in [0, 0.05) is 6.42 Å². The summed E-state index contributed by atoms with van der Waals surface area (Å²) in [6, 6.07) is -0.873. The summed E-state index contributed by atoms with van der Waals surface area (Å²) in [5.74, 6) is -0.193. The molecule has 3 unspecified atom stereocenters. The third-order valence-corrected chi connectivity index (χ3v) is 13.4. The van der Waals surface area contributed by atoms with Crippen LogP contribution >= 0.6 is 7.82 Å². The fourth-order valence-corrected chi connectivity index (χ4v) is 8.72. The molecule has 0 heterocycles. The molecular formula is C58H110N2O6P+. The normalized spacial score (nSPS) is 14.4. The molecule has 0 aliphatic heterocycles. The first-order valence-corrected chi connectivity index (χ1v) is 29.7. The molecule has 9 heteroatoms. The van der Waals surface area contributed by atoms with Crippen LogP contribution in [0.2, 0.25) is 0 Å². The third kappa shape index (κ3) is 51.9. The van der Waals surface area contributed by atoms with E-state index in [0.717, 1.165) is 51.4 Å². The van der Waals surface area contributed by atoms with Crippen LogP contribution in [0.3, 0.4) is 0 Å². The number of carbonyl (C=O) groups is 1.